The maximum absolute atomic E-state index is 12.1. The molecule has 2 aliphatic rings. The SMILES string of the molecule is Cc1cc(C)nc(CN2C[C@@]3(CCOC3)CCC2=O)n1. The maximum Gasteiger partial charge on any atom is 0.223 e. The molecule has 0 N–H and O–H groups in total. The van der Waals surface area contributed by atoms with E-state index >= 15 is 0 Å². The van der Waals surface area contributed by atoms with E-state index in [9.17, 15) is 4.79 Å². The van der Waals surface area contributed by atoms with E-state index < -0.39 is 0 Å². The fourth-order valence-corrected chi connectivity index (χ4v) is 3.26. The summed E-state index contributed by atoms with van der Waals surface area (Å²) in [6, 6.07) is 1.95. The van der Waals surface area contributed by atoms with Gasteiger partial charge in [0.2, 0.25) is 5.91 Å². The molecule has 1 amide bonds. The molecule has 20 heavy (non-hydrogen) atoms. The predicted octanol–water partition coefficient (Wildman–Crippen LogP) is 1.62. The quantitative estimate of drug-likeness (QED) is 0.823. The van der Waals surface area contributed by atoms with Gasteiger partial charge < -0.3 is 9.64 Å². The van der Waals surface area contributed by atoms with E-state index in [1.165, 1.54) is 0 Å². The first kappa shape index (κ1) is 13.5. The van der Waals surface area contributed by atoms with Crippen LogP contribution in [-0.4, -0.2) is 40.5 Å². The summed E-state index contributed by atoms with van der Waals surface area (Å²) in [6.45, 7) is 6.82. The van der Waals surface area contributed by atoms with Crippen LogP contribution >= 0.6 is 0 Å². The van der Waals surface area contributed by atoms with E-state index in [1.807, 2.05) is 24.8 Å². The molecule has 2 fully saturated rings. The van der Waals surface area contributed by atoms with Crippen LogP contribution in [0.25, 0.3) is 0 Å². The zero-order chi connectivity index (χ0) is 14.2. The second-order valence-electron chi connectivity index (χ2n) is 6.12. The van der Waals surface area contributed by atoms with Crippen molar-refractivity contribution < 1.29 is 9.53 Å². The molecule has 2 saturated heterocycles. The summed E-state index contributed by atoms with van der Waals surface area (Å²) in [5.41, 5.74) is 2.08. The third-order valence-electron chi connectivity index (χ3n) is 4.29. The van der Waals surface area contributed by atoms with E-state index in [1.54, 1.807) is 0 Å². The number of likely N-dealkylation sites (tertiary alicyclic amines) is 1. The Bertz CT molecular complexity index is 504. The first-order chi connectivity index (χ1) is 9.56. The van der Waals surface area contributed by atoms with Crippen LogP contribution in [0.5, 0.6) is 0 Å². The lowest BCUT2D eigenvalue weighted by Crippen LogP contribution is -2.46. The van der Waals surface area contributed by atoms with E-state index in [0.717, 1.165) is 49.8 Å². The molecular formula is C15H21N3O2. The summed E-state index contributed by atoms with van der Waals surface area (Å²) in [6.07, 6.45) is 2.63. The molecule has 5 heteroatoms. The van der Waals surface area contributed by atoms with Gasteiger partial charge >= 0.3 is 0 Å². The van der Waals surface area contributed by atoms with Gasteiger partial charge in [0.15, 0.2) is 0 Å². The highest BCUT2D eigenvalue weighted by Gasteiger charge is 2.41. The summed E-state index contributed by atoms with van der Waals surface area (Å²) in [7, 11) is 0. The average Bonchev–Trinajstić information content (AvgIpc) is 2.81. The van der Waals surface area contributed by atoms with Crippen LogP contribution in [0, 0.1) is 19.3 Å². The zero-order valence-electron chi connectivity index (χ0n) is 12.2. The zero-order valence-corrected chi connectivity index (χ0v) is 12.2. The first-order valence-electron chi connectivity index (χ1n) is 7.23. The van der Waals surface area contributed by atoms with Gasteiger partial charge in [0.25, 0.3) is 0 Å². The van der Waals surface area contributed by atoms with Crippen LogP contribution in [0.15, 0.2) is 6.07 Å². The standard InChI is InChI=1S/C15H21N3O2/c1-11-7-12(2)17-13(16-11)8-18-9-15(4-3-14(18)19)5-6-20-10-15/h7H,3-6,8-10H2,1-2H3/t15-/m0/s1. The normalized spacial score (nSPS) is 26.5. The Kier molecular flexibility index (Phi) is 3.46. The average molecular weight is 275 g/mol. The van der Waals surface area contributed by atoms with Crippen LogP contribution in [0.1, 0.15) is 36.5 Å². The minimum absolute atomic E-state index is 0.173. The monoisotopic (exact) mass is 275 g/mol. The number of aryl methyl sites for hydroxylation is 2. The molecule has 0 unspecified atom stereocenters. The molecule has 5 nitrogen and oxygen atoms in total. The van der Waals surface area contributed by atoms with Gasteiger partial charge in [0.1, 0.15) is 5.82 Å². The Morgan fingerprint density at radius 2 is 2.05 bits per heavy atom. The molecular weight excluding hydrogens is 254 g/mol. The van der Waals surface area contributed by atoms with Gasteiger partial charge in [-0.3, -0.25) is 4.79 Å². The molecule has 108 valence electrons. The minimum Gasteiger partial charge on any atom is -0.381 e. The molecule has 1 atom stereocenters. The third-order valence-corrected chi connectivity index (χ3v) is 4.29. The molecule has 1 aromatic heterocycles. The number of piperidine rings is 1. The number of hydrogen-bond donors (Lipinski definition) is 0. The van der Waals surface area contributed by atoms with Crippen molar-refractivity contribution in [3.63, 3.8) is 0 Å². The maximum atomic E-state index is 12.1. The molecule has 0 saturated carbocycles. The second-order valence-corrected chi connectivity index (χ2v) is 6.12. The van der Waals surface area contributed by atoms with Gasteiger partial charge in [-0.2, -0.15) is 0 Å². The number of amides is 1. The summed E-state index contributed by atoms with van der Waals surface area (Å²) in [4.78, 5) is 22.9. The molecule has 0 aliphatic carbocycles. The Morgan fingerprint density at radius 3 is 2.70 bits per heavy atom. The molecule has 2 aliphatic heterocycles. The number of carbonyl (C=O) groups excluding carboxylic acids is 1. The van der Waals surface area contributed by atoms with Crippen molar-refractivity contribution in [2.24, 2.45) is 5.41 Å². The lowest BCUT2D eigenvalue weighted by molar-refractivity contribution is -0.138. The van der Waals surface area contributed by atoms with Crippen LogP contribution in [-0.2, 0) is 16.1 Å². The van der Waals surface area contributed by atoms with Gasteiger partial charge in [-0.25, -0.2) is 9.97 Å². The van der Waals surface area contributed by atoms with Crippen LogP contribution in [0.4, 0.5) is 0 Å². The van der Waals surface area contributed by atoms with E-state index in [4.69, 9.17) is 4.74 Å². The van der Waals surface area contributed by atoms with E-state index in [-0.39, 0.29) is 11.3 Å². The molecule has 0 bridgehead atoms. The van der Waals surface area contributed by atoms with E-state index in [2.05, 4.69) is 9.97 Å². The molecule has 1 spiro atoms. The summed E-state index contributed by atoms with van der Waals surface area (Å²) >= 11 is 0. The van der Waals surface area contributed by atoms with Crippen molar-refractivity contribution in [1.82, 2.24) is 14.9 Å². The highest BCUT2D eigenvalue weighted by molar-refractivity contribution is 5.77. The second kappa shape index (κ2) is 5.13. The van der Waals surface area contributed by atoms with Gasteiger partial charge in [-0.15, -0.1) is 0 Å². The Balaban J connectivity index is 1.76. The minimum atomic E-state index is 0.173. The summed E-state index contributed by atoms with van der Waals surface area (Å²) < 4.78 is 5.54. The van der Waals surface area contributed by atoms with Gasteiger partial charge in [-0.1, -0.05) is 0 Å². The fourth-order valence-electron chi connectivity index (χ4n) is 3.26. The number of aromatic nitrogens is 2. The van der Waals surface area contributed by atoms with Crippen molar-refractivity contribution in [3.8, 4) is 0 Å². The topological polar surface area (TPSA) is 55.3 Å². The predicted molar refractivity (Wildman–Crippen MR) is 74.0 cm³/mol. The molecule has 1 aromatic rings. The smallest absolute Gasteiger partial charge is 0.223 e. The molecule has 0 radical (unpaired) electrons. The van der Waals surface area contributed by atoms with Crippen LogP contribution < -0.4 is 0 Å². The number of nitrogens with zero attached hydrogens (tertiary/aromatic N) is 3. The van der Waals surface area contributed by atoms with Crippen molar-refractivity contribution in [2.45, 2.75) is 39.7 Å². The Hall–Kier alpha value is -1.49. The summed E-state index contributed by atoms with van der Waals surface area (Å²) in [5.74, 6) is 0.956. The Morgan fingerprint density at radius 1 is 1.30 bits per heavy atom. The highest BCUT2D eigenvalue weighted by atomic mass is 16.5. The first-order valence-corrected chi connectivity index (χ1v) is 7.23. The number of ether oxygens (including phenoxy) is 1. The fraction of sp³-hybridized carbons (Fsp3) is 0.667. The molecule has 3 heterocycles. The number of carbonyl (C=O) groups is 1. The molecule has 3 rings (SSSR count). The number of rotatable bonds is 2. The van der Waals surface area contributed by atoms with Crippen LogP contribution in [0.2, 0.25) is 0 Å². The summed E-state index contributed by atoms with van der Waals surface area (Å²) in [5, 5.41) is 0. The van der Waals surface area contributed by atoms with Crippen molar-refractivity contribution >= 4 is 5.91 Å². The van der Waals surface area contributed by atoms with Crippen molar-refractivity contribution in [3.05, 3.63) is 23.3 Å². The van der Waals surface area contributed by atoms with Gasteiger partial charge in [0, 0.05) is 36.4 Å². The van der Waals surface area contributed by atoms with Crippen molar-refractivity contribution in [2.75, 3.05) is 19.8 Å². The number of hydrogen-bond acceptors (Lipinski definition) is 4. The molecule has 0 aromatic carbocycles. The lowest BCUT2D eigenvalue weighted by atomic mass is 9.79. The van der Waals surface area contributed by atoms with E-state index in [0.29, 0.717) is 13.0 Å². The van der Waals surface area contributed by atoms with Gasteiger partial charge in [0.05, 0.1) is 13.2 Å². The van der Waals surface area contributed by atoms with Crippen molar-refractivity contribution in [1.29, 1.82) is 0 Å². The van der Waals surface area contributed by atoms with Gasteiger partial charge in [-0.05, 0) is 32.8 Å². The third kappa shape index (κ3) is 2.68. The largest absolute Gasteiger partial charge is 0.381 e. The Labute approximate surface area is 119 Å². The lowest BCUT2D eigenvalue weighted by Gasteiger charge is -2.38. The highest BCUT2D eigenvalue weighted by Crippen LogP contribution is 2.38. The van der Waals surface area contributed by atoms with Crippen LogP contribution in [0.3, 0.4) is 0 Å².